The number of carbonyl (C=O) groups is 1. The van der Waals surface area contributed by atoms with Crippen LogP contribution in [0.2, 0.25) is 0 Å². The highest BCUT2D eigenvalue weighted by molar-refractivity contribution is 5.77. The maximum atomic E-state index is 11.3. The van der Waals surface area contributed by atoms with Gasteiger partial charge >= 0.3 is 0 Å². The molecular weight excluding hydrogens is 242 g/mol. The molecule has 1 saturated heterocycles. The van der Waals surface area contributed by atoms with Gasteiger partial charge in [0.2, 0.25) is 5.91 Å². The fourth-order valence-electron chi connectivity index (χ4n) is 2.61. The molecule has 1 unspecified atom stereocenters. The van der Waals surface area contributed by atoms with Crippen LogP contribution < -0.4 is 5.32 Å². The van der Waals surface area contributed by atoms with Crippen LogP contribution in [0.15, 0.2) is 0 Å². The van der Waals surface area contributed by atoms with Gasteiger partial charge in [0, 0.05) is 20.1 Å². The summed E-state index contributed by atoms with van der Waals surface area (Å²) in [5.74, 6) is 0.789. The van der Waals surface area contributed by atoms with Crippen LogP contribution in [0.4, 0.5) is 0 Å². The predicted molar refractivity (Wildman–Crippen MR) is 77.0 cm³/mol. The number of nitrogens with one attached hydrogen (secondary N) is 1. The second kappa shape index (κ2) is 8.51. The average molecular weight is 271 g/mol. The van der Waals surface area contributed by atoms with E-state index in [0.29, 0.717) is 12.5 Å². The monoisotopic (exact) mass is 271 g/mol. The lowest BCUT2D eigenvalue weighted by molar-refractivity contribution is -0.122. The van der Waals surface area contributed by atoms with E-state index >= 15 is 0 Å². The highest BCUT2D eigenvalue weighted by atomic mass is 16.3. The molecular formula is C14H29N3O2. The van der Waals surface area contributed by atoms with Gasteiger partial charge in [-0.15, -0.1) is 0 Å². The van der Waals surface area contributed by atoms with Crippen molar-refractivity contribution in [1.82, 2.24) is 15.1 Å². The third-order valence-corrected chi connectivity index (χ3v) is 3.92. The molecule has 1 amide bonds. The molecule has 2 N–H and O–H groups in total. The van der Waals surface area contributed by atoms with Crippen molar-refractivity contribution >= 4 is 5.91 Å². The summed E-state index contributed by atoms with van der Waals surface area (Å²) in [4.78, 5) is 15.8. The molecule has 112 valence electrons. The Kier molecular flexibility index (Phi) is 7.34. The molecule has 1 fully saturated rings. The minimum absolute atomic E-state index is 0.0987. The van der Waals surface area contributed by atoms with Gasteiger partial charge in [0.05, 0.1) is 12.6 Å². The molecule has 1 rings (SSSR count). The molecule has 1 atom stereocenters. The van der Waals surface area contributed by atoms with Gasteiger partial charge in [-0.1, -0.05) is 6.92 Å². The Labute approximate surface area is 117 Å². The number of aliphatic hydroxyl groups excluding tert-OH is 1. The first-order chi connectivity index (χ1) is 9.05. The van der Waals surface area contributed by atoms with Gasteiger partial charge < -0.3 is 15.3 Å². The van der Waals surface area contributed by atoms with E-state index in [-0.39, 0.29) is 12.0 Å². The van der Waals surface area contributed by atoms with Crippen molar-refractivity contribution in [1.29, 1.82) is 0 Å². The second-order valence-corrected chi connectivity index (χ2v) is 5.68. The summed E-state index contributed by atoms with van der Waals surface area (Å²) in [6.45, 7) is 6.34. The SMILES string of the molecule is CCC(O)CN(C)CC1CCN(CC(=O)NC)CC1. The van der Waals surface area contributed by atoms with Crippen molar-refractivity contribution in [3.8, 4) is 0 Å². The predicted octanol–water partition coefficient (Wildman–Crippen LogP) is 0.147. The number of rotatable bonds is 7. The molecule has 0 spiro atoms. The summed E-state index contributed by atoms with van der Waals surface area (Å²) in [6, 6.07) is 0. The van der Waals surface area contributed by atoms with Crippen molar-refractivity contribution in [3.63, 3.8) is 0 Å². The minimum atomic E-state index is -0.210. The molecule has 1 aliphatic rings. The standard InChI is InChI=1S/C14H29N3O2/c1-4-13(18)10-16(3)9-12-5-7-17(8-6-12)11-14(19)15-2/h12-13,18H,4-11H2,1-3H3,(H,15,19). The van der Waals surface area contributed by atoms with Crippen LogP contribution in [-0.4, -0.2) is 73.7 Å². The lowest BCUT2D eigenvalue weighted by Gasteiger charge is -2.33. The highest BCUT2D eigenvalue weighted by Crippen LogP contribution is 2.17. The van der Waals surface area contributed by atoms with E-state index in [0.717, 1.165) is 45.4 Å². The van der Waals surface area contributed by atoms with E-state index in [9.17, 15) is 9.90 Å². The lowest BCUT2D eigenvalue weighted by Crippen LogP contribution is -2.43. The summed E-state index contributed by atoms with van der Waals surface area (Å²) in [6.07, 6.45) is 2.89. The molecule has 5 heteroatoms. The summed E-state index contributed by atoms with van der Waals surface area (Å²) in [7, 11) is 3.76. The van der Waals surface area contributed by atoms with Crippen LogP contribution in [0, 0.1) is 5.92 Å². The van der Waals surface area contributed by atoms with E-state index in [4.69, 9.17) is 0 Å². The van der Waals surface area contributed by atoms with Crippen LogP contribution in [0.1, 0.15) is 26.2 Å². The molecule has 5 nitrogen and oxygen atoms in total. The van der Waals surface area contributed by atoms with Crippen LogP contribution in [0.5, 0.6) is 0 Å². The van der Waals surface area contributed by atoms with Crippen molar-refractivity contribution in [2.75, 3.05) is 46.8 Å². The number of likely N-dealkylation sites (N-methyl/N-ethyl adjacent to an activating group) is 2. The van der Waals surface area contributed by atoms with Crippen LogP contribution in [0.25, 0.3) is 0 Å². The van der Waals surface area contributed by atoms with Gasteiger partial charge in [0.1, 0.15) is 0 Å². The molecule has 0 aromatic carbocycles. The Morgan fingerprint density at radius 1 is 1.47 bits per heavy atom. The smallest absolute Gasteiger partial charge is 0.233 e. The lowest BCUT2D eigenvalue weighted by atomic mass is 9.96. The van der Waals surface area contributed by atoms with Crippen molar-refractivity contribution in [2.24, 2.45) is 5.92 Å². The molecule has 0 radical (unpaired) electrons. The number of likely N-dealkylation sites (tertiary alicyclic amines) is 1. The van der Waals surface area contributed by atoms with Crippen molar-refractivity contribution in [2.45, 2.75) is 32.3 Å². The van der Waals surface area contributed by atoms with E-state index in [1.807, 2.05) is 6.92 Å². The van der Waals surface area contributed by atoms with Crippen LogP contribution in [0.3, 0.4) is 0 Å². The fourth-order valence-corrected chi connectivity index (χ4v) is 2.61. The Hall–Kier alpha value is -0.650. The number of nitrogens with zero attached hydrogens (tertiary/aromatic N) is 2. The van der Waals surface area contributed by atoms with Crippen molar-refractivity contribution in [3.05, 3.63) is 0 Å². The first kappa shape index (κ1) is 16.4. The number of amides is 1. The zero-order chi connectivity index (χ0) is 14.3. The Bertz CT molecular complexity index is 265. The summed E-state index contributed by atoms with van der Waals surface area (Å²) in [5.41, 5.74) is 0. The van der Waals surface area contributed by atoms with E-state index in [1.54, 1.807) is 7.05 Å². The molecule has 0 bridgehead atoms. The Morgan fingerprint density at radius 3 is 2.63 bits per heavy atom. The van der Waals surface area contributed by atoms with E-state index < -0.39 is 0 Å². The quantitative estimate of drug-likeness (QED) is 0.692. The van der Waals surface area contributed by atoms with Gasteiger partial charge in [-0.05, 0) is 45.3 Å². The molecule has 0 aromatic heterocycles. The molecule has 1 aliphatic heterocycles. The summed E-state index contributed by atoms with van der Waals surface area (Å²) < 4.78 is 0. The molecule has 1 heterocycles. The summed E-state index contributed by atoms with van der Waals surface area (Å²) >= 11 is 0. The van der Waals surface area contributed by atoms with Crippen LogP contribution in [-0.2, 0) is 4.79 Å². The average Bonchev–Trinajstić information content (AvgIpc) is 2.40. The molecule has 0 aliphatic carbocycles. The minimum Gasteiger partial charge on any atom is -0.392 e. The van der Waals surface area contributed by atoms with E-state index in [1.165, 1.54) is 0 Å². The normalized spacial score (nSPS) is 19.6. The summed E-state index contributed by atoms with van der Waals surface area (Å²) in [5, 5.41) is 12.3. The first-order valence-corrected chi connectivity index (χ1v) is 7.34. The zero-order valence-electron chi connectivity index (χ0n) is 12.6. The van der Waals surface area contributed by atoms with E-state index in [2.05, 4.69) is 22.2 Å². The maximum Gasteiger partial charge on any atom is 0.233 e. The topological polar surface area (TPSA) is 55.8 Å². The number of aliphatic hydroxyl groups is 1. The zero-order valence-corrected chi connectivity index (χ0v) is 12.6. The highest BCUT2D eigenvalue weighted by Gasteiger charge is 2.21. The number of carbonyl (C=O) groups excluding carboxylic acids is 1. The molecule has 19 heavy (non-hydrogen) atoms. The fraction of sp³-hybridized carbons (Fsp3) is 0.929. The maximum absolute atomic E-state index is 11.3. The second-order valence-electron chi connectivity index (χ2n) is 5.68. The number of piperidine rings is 1. The number of hydrogen-bond donors (Lipinski definition) is 2. The van der Waals surface area contributed by atoms with Crippen molar-refractivity contribution < 1.29 is 9.90 Å². The van der Waals surface area contributed by atoms with Gasteiger partial charge in [-0.25, -0.2) is 0 Å². The number of hydrogen-bond acceptors (Lipinski definition) is 4. The van der Waals surface area contributed by atoms with Gasteiger partial charge in [0.15, 0.2) is 0 Å². The third-order valence-electron chi connectivity index (χ3n) is 3.92. The molecule has 0 aromatic rings. The first-order valence-electron chi connectivity index (χ1n) is 7.34. The largest absolute Gasteiger partial charge is 0.392 e. The van der Waals surface area contributed by atoms with Gasteiger partial charge in [-0.3, -0.25) is 9.69 Å². The Morgan fingerprint density at radius 2 is 2.11 bits per heavy atom. The Balaban J connectivity index is 2.20. The third kappa shape index (κ3) is 6.36. The van der Waals surface area contributed by atoms with Gasteiger partial charge in [-0.2, -0.15) is 0 Å². The molecule has 0 saturated carbocycles. The van der Waals surface area contributed by atoms with Crippen LogP contribution >= 0.6 is 0 Å². The van der Waals surface area contributed by atoms with Gasteiger partial charge in [0.25, 0.3) is 0 Å².